The van der Waals surface area contributed by atoms with Crippen molar-refractivity contribution < 1.29 is 48.0 Å². The van der Waals surface area contributed by atoms with Crippen LogP contribution in [0.4, 0.5) is 11.4 Å². The number of ether oxygens (including phenoxy) is 2. The van der Waals surface area contributed by atoms with E-state index in [0.29, 0.717) is 33.5 Å². The average molecular weight is 896 g/mol. The molecule has 3 N–H and O–H groups in total. The normalized spacial score (nSPS) is 12.0. The molecule has 338 valence electrons. The molecule has 0 radical (unpaired) electrons. The van der Waals surface area contributed by atoms with E-state index in [9.17, 15) is 38.9 Å². The summed E-state index contributed by atoms with van der Waals surface area (Å²) in [4.78, 5) is 96.1. The molecule has 0 fully saturated rings. The molecule has 4 amide bonds. The highest BCUT2D eigenvalue weighted by atomic mass is 16.6. The molecule has 5 aromatic rings. The molecular formula is C48H45N7O11. The first-order valence-corrected chi connectivity index (χ1v) is 19.8. The number of nitro benzene ring substituents is 1. The van der Waals surface area contributed by atoms with Crippen LogP contribution in [0.5, 0.6) is 0 Å². The summed E-state index contributed by atoms with van der Waals surface area (Å²) in [6.45, 7) is 16.0. The predicted octanol–water partition coefficient (Wildman–Crippen LogP) is 5.90. The van der Waals surface area contributed by atoms with Gasteiger partial charge in [-0.2, -0.15) is 0 Å². The number of aldehydes is 1. The predicted molar refractivity (Wildman–Crippen MR) is 245 cm³/mol. The number of carbonyl (C=O) groups is 7. The van der Waals surface area contributed by atoms with Crippen LogP contribution in [0.1, 0.15) is 38.8 Å². The second kappa shape index (κ2) is 20.5. The van der Waals surface area contributed by atoms with Gasteiger partial charge in [0.1, 0.15) is 34.8 Å². The first-order chi connectivity index (χ1) is 31.4. The first kappa shape index (κ1) is 48.1. The smallest absolute Gasteiger partial charge is 0.353 e. The molecule has 0 unspecified atom stereocenters. The van der Waals surface area contributed by atoms with E-state index in [1.165, 1.54) is 29.9 Å². The maximum Gasteiger partial charge on any atom is 0.353 e. The fourth-order valence-electron chi connectivity index (χ4n) is 7.24. The number of aromatic nitrogens is 1. The minimum Gasteiger partial charge on any atom is -0.464 e. The van der Waals surface area contributed by atoms with Gasteiger partial charge in [-0.15, -0.1) is 0 Å². The molecule has 7 rings (SSSR count). The van der Waals surface area contributed by atoms with Gasteiger partial charge in [0.2, 0.25) is 0 Å². The molecule has 18 heteroatoms. The van der Waals surface area contributed by atoms with Crippen molar-refractivity contribution in [1.29, 1.82) is 0 Å². The van der Waals surface area contributed by atoms with E-state index in [-0.39, 0.29) is 47.5 Å². The fourth-order valence-corrected chi connectivity index (χ4v) is 7.24. The highest BCUT2D eigenvalue weighted by Gasteiger charge is 2.35. The van der Waals surface area contributed by atoms with Crippen LogP contribution in [0.15, 0.2) is 134 Å². The largest absolute Gasteiger partial charge is 0.464 e. The van der Waals surface area contributed by atoms with E-state index in [1.54, 1.807) is 43.4 Å². The van der Waals surface area contributed by atoms with Crippen molar-refractivity contribution in [3.8, 4) is 22.3 Å². The van der Waals surface area contributed by atoms with Gasteiger partial charge in [-0.05, 0) is 70.6 Å². The average Bonchev–Trinajstić information content (AvgIpc) is 3.99. The number of aryl methyl sites for hydroxylation is 1. The molecule has 0 atom stereocenters. The summed E-state index contributed by atoms with van der Waals surface area (Å²) >= 11 is 0. The molecule has 0 bridgehead atoms. The lowest BCUT2D eigenvalue weighted by molar-refractivity contribution is -0.383. The van der Waals surface area contributed by atoms with E-state index in [1.807, 2.05) is 54.2 Å². The number of rotatable bonds is 12. The van der Waals surface area contributed by atoms with Crippen LogP contribution in [0.25, 0.3) is 33.2 Å². The number of anilines is 1. The summed E-state index contributed by atoms with van der Waals surface area (Å²) in [5, 5.41) is 19.9. The van der Waals surface area contributed by atoms with Gasteiger partial charge in [0.25, 0.3) is 29.3 Å². The topological polar surface area (TPSA) is 229 Å². The number of esters is 2. The quantitative estimate of drug-likeness (QED) is 0.0437. The van der Waals surface area contributed by atoms with Gasteiger partial charge < -0.3 is 34.8 Å². The number of hydrogen-bond donors (Lipinski definition) is 3. The summed E-state index contributed by atoms with van der Waals surface area (Å²) in [6.07, 6.45) is 2.75. The molecular weight excluding hydrogens is 851 g/mol. The van der Waals surface area contributed by atoms with Crippen LogP contribution in [-0.4, -0.2) is 82.4 Å². The fraction of sp³-hybridized carbons (Fsp3) is 0.146. The number of nitro groups is 1. The molecule has 2 aliphatic heterocycles. The van der Waals surface area contributed by atoms with Gasteiger partial charge in [-0.3, -0.25) is 39.1 Å². The number of hydrogen-bond acceptors (Lipinski definition) is 12. The Morgan fingerprint density at radius 3 is 1.65 bits per heavy atom. The summed E-state index contributed by atoms with van der Waals surface area (Å²) in [6, 6.07) is 23.4. The van der Waals surface area contributed by atoms with Gasteiger partial charge in [0, 0.05) is 48.4 Å². The van der Waals surface area contributed by atoms with Crippen LogP contribution < -0.4 is 16.0 Å². The Bertz CT molecular complexity index is 2910. The van der Waals surface area contributed by atoms with Crippen molar-refractivity contribution >= 4 is 64.1 Å². The van der Waals surface area contributed by atoms with Gasteiger partial charge in [0.15, 0.2) is 0 Å². The highest BCUT2D eigenvalue weighted by Crippen LogP contribution is 2.39. The molecule has 2 aliphatic rings. The van der Waals surface area contributed by atoms with Crippen LogP contribution in [0.3, 0.4) is 0 Å². The molecule has 0 spiro atoms. The molecule has 4 aromatic carbocycles. The van der Waals surface area contributed by atoms with E-state index in [4.69, 9.17) is 4.79 Å². The summed E-state index contributed by atoms with van der Waals surface area (Å²) in [5.74, 6) is -3.83. The number of fused-ring (bicyclic) bond motifs is 3. The van der Waals surface area contributed by atoms with E-state index >= 15 is 0 Å². The zero-order valence-corrected chi connectivity index (χ0v) is 36.7. The van der Waals surface area contributed by atoms with Crippen LogP contribution in [0.2, 0.25) is 0 Å². The third-order valence-electron chi connectivity index (χ3n) is 10.5. The monoisotopic (exact) mass is 895 g/mol. The van der Waals surface area contributed by atoms with Gasteiger partial charge in [-0.25, -0.2) is 9.59 Å². The van der Waals surface area contributed by atoms with E-state index in [0.717, 1.165) is 41.0 Å². The second-order valence-corrected chi connectivity index (χ2v) is 14.3. The number of nitrogens with zero attached hydrogens (tertiary/aromatic N) is 4. The van der Waals surface area contributed by atoms with Gasteiger partial charge in [-0.1, -0.05) is 68.8 Å². The zero-order chi connectivity index (χ0) is 48.6. The Morgan fingerprint density at radius 1 is 0.712 bits per heavy atom. The lowest BCUT2D eigenvalue weighted by atomic mass is 9.95. The van der Waals surface area contributed by atoms with Gasteiger partial charge >= 0.3 is 11.9 Å². The Hall–Kier alpha value is -8.93. The van der Waals surface area contributed by atoms with Crippen LogP contribution in [0, 0.1) is 10.1 Å². The third kappa shape index (κ3) is 9.66. The Balaban J connectivity index is 0.000000234. The summed E-state index contributed by atoms with van der Waals surface area (Å²) in [5.41, 5.74) is 5.98. The number of benzene rings is 4. The van der Waals surface area contributed by atoms with Crippen LogP contribution >= 0.6 is 0 Å². The Labute approximate surface area is 378 Å². The lowest BCUT2D eigenvalue weighted by Crippen LogP contribution is -2.36. The van der Waals surface area contributed by atoms with Gasteiger partial charge in [0.05, 0.1) is 32.2 Å². The lowest BCUT2D eigenvalue weighted by Gasteiger charge is -2.18. The number of nitrogens with one attached hydrogen (secondary N) is 3. The standard InChI is InChI=1S/C24H21N3O4.C22H20N4O6.C2H4O/c1-14(24(30)31-4)25-22(28)15(2)27-13-20-17(7-5-9-19(20)23(27)29)16-8-6-10-21-18(16)11-12-26(21)3;1-12(22(29)32-4)24-20(27)13(2)25-11-17-15(6-5-7-16(17)21(25)28)14-8-9-18(23-3)19(10-14)26(30)31;1-2-3/h5-12H,1-2,13H2,3-4H3,(H,25,28);5-10,23H,1-2,11H2,3-4H3,(H,24,27);2H,1H3. The first-order valence-electron chi connectivity index (χ1n) is 19.8. The SMILES string of the molecule is C=C(NC(=O)C(=C)N1Cc2c(cccc2-c2ccc(NC)c([N+](=O)[O-])c2)C1=O)C(=O)OC.C=C(NC(=O)C(=C)N1Cc2c(cccc2-c2cccc3c2ccn3C)C1=O)C(=O)OC.CC=O. The minimum absolute atomic E-state index is 0.0306. The molecule has 0 saturated carbocycles. The van der Waals surface area contributed by atoms with Crippen LogP contribution in [-0.2, 0) is 53.6 Å². The van der Waals surface area contributed by atoms with Crippen molar-refractivity contribution in [1.82, 2.24) is 25.0 Å². The molecule has 0 saturated heterocycles. The van der Waals surface area contributed by atoms with Crippen molar-refractivity contribution in [3.63, 3.8) is 0 Å². The van der Waals surface area contributed by atoms with Crippen molar-refractivity contribution in [3.05, 3.63) is 167 Å². The molecule has 3 heterocycles. The third-order valence-corrected chi connectivity index (χ3v) is 10.5. The number of amides is 4. The molecule has 0 aliphatic carbocycles. The molecule has 66 heavy (non-hydrogen) atoms. The minimum atomic E-state index is -0.823. The maximum atomic E-state index is 13.0. The Kier molecular flexibility index (Phi) is 14.9. The Morgan fingerprint density at radius 2 is 1.17 bits per heavy atom. The molecule has 1 aromatic heterocycles. The number of carbonyl (C=O) groups excluding carboxylic acids is 7. The number of methoxy groups -OCH3 is 2. The highest BCUT2D eigenvalue weighted by molar-refractivity contribution is 6.10. The zero-order valence-electron chi connectivity index (χ0n) is 36.7. The van der Waals surface area contributed by atoms with Crippen molar-refractivity contribution in [2.75, 3.05) is 26.6 Å². The van der Waals surface area contributed by atoms with Crippen molar-refractivity contribution in [2.24, 2.45) is 7.05 Å². The van der Waals surface area contributed by atoms with E-state index in [2.05, 4.69) is 51.7 Å². The summed E-state index contributed by atoms with van der Waals surface area (Å²) < 4.78 is 11.0. The van der Waals surface area contributed by atoms with E-state index < -0.39 is 34.6 Å². The molecule has 18 nitrogen and oxygen atoms in total. The van der Waals surface area contributed by atoms with Crippen molar-refractivity contribution in [2.45, 2.75) is 20.0 Å². The second-order valence-electron chi connectivity index (χ2n) is 14.3. The maximum absolute atomic E-state index is 13.0. The summed E-state index contributed by atoms with van der Waals surface area (Å²) in [7, 11) is 5.90.